The first kappa shape index (κ1) is 13.1. The Morgan fingerprint density at radius 2 is 2.05 bits per heavy atom. The largest absolute Gasteiger partial charge is 0.379 e. The summed E-state index contributed by atoms with van der Waals surface area (Å²) in [6.45, 7) is 6.90. The van der Waals surface area contributed by atoms with Crippen LogP contribution in [0, 0.1) is 13.8 Å². The zero-order valence-corrected chi connectivity index (χ0v) is 11.8. The Hall–Kier alpha value is -1.85. The van der Waals surface area contributed by atoms with Gasteiger partial charge in [-0.05, 0) is 37.6 Å². The topological polar surface area (TPSA) is 57.4 Å². The molecule has 20 heavy (non-hydrogen) atoms. The van der Waals surface area contributed by atoms with Crippen molar-refractivity contribution in [2.45, 2.75) is 13.8 Å². The van der Waals surface area contributed by atoms with Crippen molar-refractivity contribution in [3.63, 3.8) is 0 Å². The van der Waals surface area contributed by atoms with Crippen molar-refractivity contribution in [2.24, 2.45) is 0 Å². The summed E-state index contributed by atoms with van der Waals surface area (Å²) in [4.78, 5) is 15.6. The highest BCUT2D eigenvalue weighted by Gasteiger charge is 2.15. The fourth-order valence-electron chi connectivity index (χ4n) is 2.49. The van der Waals surface area contributed by atoms with E-state index in [0.717, 1.165) is 29.7 Å². The van der Waals surface area contributed by atoms with Crippen LogP contribution in [0.1, 0.15) is 21.6 Å². The zero-order valence-electron chi connectivity index (χ0n) is 11.8. The second-order valence-corrected chi connectivity index (χ2v) is 5.18. The Bertz CT molecular complexity index is 642. The van der Waals surface area contributed by atoms with Gasteiger partial charge in [-0.1, -0.05) is 0 Å². The molecule has 1 fully saturated rings. The van der Waals surface area contributed by atoms with Crippen molar-refractivity contribution in [1.29, 1.82) is 0 Å². The summed E-state index contributed by atoms with van der Waals surface area (Å²) < 4.78 is 5.27. The summed E-state index contributed by atoms with van der Waals surface area (Å²) in [6.07, 6.45) is 0. The Kier molecular flexibility index (Phi) is 3.46. The van der Waals surface area contributed by atoms with E-state index < -0.39 is 0 Å². The molecule has 0 unspecified atom stereocenters. The molecular weight excluding hydrogens is 254 g/mol. The SMILES string of the molecule is Cc1[nH]c2ccc(C(=O)NN3CCOCC3)cc2c1C. The van der Waals surface area contributed by atoms with Gasteiger partial charge < -0.3 is 9.72 Å². The van der Waals surface area contributed by atoms with Gasteiger partial charge in [-0.15, -0.1) is 0 Å². The lowest BCUT2D eigenvalue weighted by Gasteiger charge is -2.26. The number of ether oxygens (including phenoxy) is 1. The minimum atomic E-state index is -0.0629. The summed E-state index contributed by atoms with van der Waals surface area (Å²) in [5.74, 6) is -0.0629. The molecule has 1 aromatic heterocycles. The molecule has 2 heterocycles. The molecule has 0 radical (unpaired) electrons. The first-order valence-electron chi connectivity index (χ1n) is 6.88. The number of fused-ring (bicyclic) bond motifs is 1. The molecule has 0 bridgehead atoms. The number of hydrogen-bond donors (Lipinski definition) is 2. The smallest absolute Gasteiger partial charge is 0.265 e. The molecule has 1 saturated heterocycles. The van der Waals surface area contributed by atoms with Gasteiger partial charge in [-0.3, -0.25) is 10.2 Å². The number of aromatic amines is 1. The van der Waals surface area contributed by atoms with E-state index >= 15 is 0 Å². The lowest BCUT2D eigenvalue weighted by atomic mass is 10.1. The van der Waals surface area contributed by atoms with E-state index in [0.29, 0.717) is 18.8 Å². The molecular formula is C15H19N3O2. The van der Waals surface area contributed by atoms with E-state index in [9.17, 15) is 4.79 Å². The summed E-state index contributed by atoms with van der Waals surface area (Å²) in [6, 6.07) is 5.76. The van der Waals surface area contributed by atoms with E-state index in [1.54, 1.807) is 0 Å². The van der Waals surface area contributed by atoms with Gasteiger partial charge in [0.25, 0.3) is 5.91 Å². The van der Waals surface area contributed by atoms with Crippen LogP contribution in [0.4, 0.5) is 0 Å². The molecule has 0 saturated carbocycles. The number of nitrogens with one attached hydrogen (secondary N) is 2. The van der Waals surface area contributed by atoms with Crippen molar-refractivity contribution in [1.82, 2.24) is 15.4 Å². The quantitative estimate of drug-likeness (QED) is 0.876. The molecule has 1 aromatic carbocycles. The maximum absolute atomic E-state index is 12.3. The molecule has 1 amide bonds. The van der Waals surface area contributed by atoms with Gasteiger partial charge in [0.15, 0.2) is 0 Å². The summed E-state index contributed by atoms with van der Waals surface area (Å²) in [7, 11) is 0. The average Bonchev–Trinajstić information content (AvgIpc) is 2.75. The molecule has 106 valence electrons. The molecule has 5 heteroatoms. The van der Waals surface area contributed by atoms with Crippen LogP contribution >= 0.6 is 0 Å². The second kappa shape index (κ2) is 5.26. The molecule has 2 N–H and O–H groups in total. The van der Waals surface area contributed by atoms with Crippen LogP contribution in [-0.2, 0) is 4.74 Å². The van der Waals surface area contributed by atoms with Gasteiger partial charge in [0, 0.05) is 35.2 Å². The van der Waals surface area contributed by atoms with Crippen LogP contribution in [0.5, 0.6) is 0 Å². The van der Waals surface area contributed by atoms with Crippen LogP contribution in [0.15, 0.2) is 18.2 Å². The third-order valence-corrected chi connectivity index (χ3v) is 3.84. The van der Waals surface area contributed by atoms with Crippen LogP contribution in [-0.4, -0.2) is 42.2 Å². The number of rotatable bonds is 2. The number of carbonyl (C=O) groups excluding carboxylic acids is 1. The van der Waals surface area contributed by atoms with Crippen molar-refractivity contribution in [2.75, 3.05) is 26.3 Å². The number of hydrazine groups is 1. The monoisotopic (exact) mass is 273 g/mol. The van der Waals surface area contributed by atoms with Crippen molar-refractivity contribution >= 4 is 16.8 Å². The Balaban J connectivity index is 1.82. The minimum Gasteiger partial charge on any atom is -0.379 e. The molecule has 1 aliphatic rings. The number of amides is 1. The van der Waals surface area contributed by atoms with Gasteiger partial charge in [0.2, 0.25) is 0 Å². The van der Waals surface area contributed by atoms with Crippen LogP contribution in [0.2, 0.25) is 0 Å². The molecule has 2 aromatic rings. The molecule has 5 nitrogen and oxygen atoms in total. The van der Waals surface area contributed by atoms with Crippen molar-refractivity contribution in [3.05, 3.63) is 35.0 Å². The number of aromatic nitrogens is 1. The maximum Gasteiger partial charge on any atom is 0.265 e. The number of hydrogen-bond acceptors (Lipinski definition) is 3. The number of nitrogens with zero attached hydrogens (tertiary/aromatic N) is 1. The van der Waals surface area contributed by atoms with Crippen molar-refractivity contribution in [3.8, 4) is 0 Å². The number of aryl methyl sites for hydroxylation is 2. The van der Waals surface area contributed by atoms with Gasteiger partial charge in [-0.2, -0.15) is 0 Å². The average molecular weight is 273 g/mol. The lowest BCUT2D eigenvalue weighted by Crippen LogP contribution is -2.48. The fourth-order valence-corrected chi connectivity index (χ4v) is 2.49. The summed E-state index contributed by atoms with van der Waals surface area (Å²) in [5, 5.41) is 3.02. The van der Waals surface area contributed by atoms with Crippen LogP contribution in [0.25, 0.3) is 10.9 Å². The minimum absolute atomic E-state index is 0.0629. The van der Waals surface area contributed by atoms with Gasteiger partial charge in [-0.25, -0.2) is 5.01 Å². The third-order valence-electron chi connectivity index (χ3n) is 3.84. The van der Waals surface area contributed by atoms with Crippen molar-refractivity contribution < 1.29 is 9.53 Å². The fraction of sp³-hybridized carbons (Fsp3) is 0.400. The Morgan fingerprint density at radius 3 is 2.80 bits per heavy atom. The lowest BCUT2D eigenvalue weighted by molar-refractivity contribution is 0.0126. The van der Waals surface area contributed by atoms with E-state index in [4.69, 9.17) is 4.74 Å². The number of morpholine rings is 1. The zero-order chi connectivity index (χ0) is 14.1. The highest BCUT2D eigenvalue weighted by Crippen LogP contribution is 2.22. The highest BCUT2D eigenvalue weighted by atomic mass is 16.5. The van der Waals surface area contributed by atoms with Gasteiger partial charge in [0.1, 0.15) is 0 Å². The molecule has 3 rings (SSSR count). The summed E-state index contributed by atoms with van der Waals surface area (Å²) in [5.41, 5.74) is 7.03. The standard InChI is InChI=1S/C15H19N3O2/c1-10-11(2)16-14-4-3-12(9-13(10)14)15(19)17-18-5-7-20-8-6-18/h3-4,9,16H,5-8H2,1-2H3,(H,17,19). The number of benzene rings is 1. The predicted molar refractivity (Wildman–Crippen MR) is 77.6 cm³/mol. The number of carbonyl (C=O) groups is 1. The molecule has 1 aliphatic heterocycles. The second-order valence-electron chi connectivity index (χ2n) is 5.18. The van der Waals surface area contributed by atoms with E-state index in [1.807, 2.05) is 30.1 Å². The predicted octanol–water partition coefficient (Wildman–Crippen LogP) is 1.76. The maximum atomic E-state index is 12.3. The number of H-pyrrole nitrogens is 1. The Morgan fingerprint density at radius 1 is 1.30 bits per heavy atom. The third kappa shape index (κ3) is 2.42. The normalized spacial score (nSPS) is 16.5. The molecule has 0 atom stereocenters. The van der Waals surface area contributed by atoms with Crippen LogP contribution in [0.3, 0.4) is 0 Å². The van der Waals surface area contributed by atoms with Crippen LogP contribution < -0.4 is 5.43 Å². The summed E-state index contributed by atoms with van der Waals surface area (Å²) >= 11 is 0. The first-order valence-corrected chi connectivity index (χ1v) is 6.88. The van der Waals surface area contributed by atoms with E-state index in [-0.39, 0.29) is 5.91 Å². The molecule has 0 aliphatic carbocycles. The van der Waals surface area contributed by atoms with E-state index in [1.165, 1.54) is 5.56 Å². The Labute approximate surface area is 117 Å². The van der Waals surface area contributed by atoms with E-state index in [2.05, 4.69) is 17.3 Å². The van der Waals surface area contributed by atoms with Gasteiger partial charge in [0.05, 0.1) is 13.2 Å². The highest BCUT2D eigenvalue weighted by molar-refractivity contribution is 5.98. The first-order chi connectivity index (χ1) is 9.65. The molecule has 0 spiro atoms. The van der Waals surface area contributed by atoms with Gasteiger partial charge >= 0.3 is 0 Å².